The number of nitrogens with one attached hydrogen (secondary N) is 2. The van der Waals surface area contributed by atoms with Gasteiger partial charge >= 0.3 is 17.9 Å². The van der Waals surface area contributed by atoms with Crippen LogP contribution in [0.3, 0.4) is 0 Å². The number of carbonyl (C=O) groups excluding carboxylic acids is 5. The van der Waals surface area contributed by atoms with Crippen LogP contribution in [-0.2, 0) is 53.0 Å². The molecule has 0 saturated heterocycles. The number of methoxy groups -OCH3 is 2. The molecule has 0 atom stereocenters. The van der Waals surface area contributed by atoms with Crippen molar-refractivity contribution in [2.24, 2.45) is 57.5 Å². The van der Waals surface area contributed by atoms with Crippen molar-refractivity contribution in [3.8, 4) is 35.5 Å². The van der Waals surface area contributed by atoms with E-state index in [4.69, 9.17) is 25.9 Å². The second kappa shape index (κ2) is 44.0. The average molecular weight is 1820 g/mol. The van der Waals surface area contributed by atoms with Gasteiger partial charge in [0.25, 0.3) is 9.05 Å². The predicted molar refractivity (Wildman–Crippen MR) is 486 cm³/mol. The molecule has 24 nitrogen and oxygen atoms in total. The maximum atomic E-state index is 14.2. The molecule has 31 heteroatoms. The Hall–Kier alpha value is -7.93. The number of pyridine rings is 3. The maximum absolute atomic E-state index is 14.2. The lowest BCUT2D eigenvalue weighted by Crippen LogP contribution is -2.49. The monoisotopic (exact) mass is 1820 g/mol. The SMILES string of the molecule is CC1CCC(C(=O)N(c2cc(C#CC(C)(C)C)sc2C(=O)O)C2CCC(NS(=O)(=O)c3cccnc3)CC2)CC1.COC(=O)c1sc(C#CC(C)(C)C)cc1N(C(=O)C1CCC(C)CC1)C1CCC(N)CC1.COC(=O)c1sc(C#CC(C)(C)C)cc1N(C(=O)C1CCC(C)CC1)C1CCC(NS(=O)(=O)c2cccnc2)CC1.O=S(=O)(Cl)c1cccnc1. The lowest BCUT2D eigenvalue weighted by molar-refractivity contribution is -0.125. The van der Waals surface area contributed by atoms with E-state index >= 15 is 0 Å². The number of carboxylic acid groups (broad SMARTS) is 1. The van der Waals surface area contributed by atoms with Crippen molar-refractivity contribution in [3.63, 3.8) is 0 Å². The fraction of sp³-hybridized carbons (Fsp3) is 0.576. The van der Waals surface area contributed by atoms with Crippen LogP contribution in [0.15, 0.2) is 106 Å². The standard InChI is InChI=1S/C31H41N3O5S2.C30H39N3O5S2.C26H38N2O3S.C5H4ClNO2S/c1-21-8-10-22(11-9-21)29(35)34(27-19-25(16-17-31(2,3)4)40-28(27)30(36)39-5)24-14-12-23(13-15-24)33-41(37,38)26-7-6-18-32-20-26;1-20-7-9-21(10-8-20)28(34)33(26-18-24(15-16-30(2,3)4)39-27(26)29(35)36)23-13-11-22(12-14-23)32-40(37,38)25-6-5-17-31-19-25;1-17-6-8-18(9-7-17)24(29)28(20-12-10-19(27)11-13-20)22-16-21(14-15-26(2,3)4)32-23(22)25(30)31-5;6-10(8,9)5-2-1-3-7-4-5/h6-7,18-24,33H,8-15H2,1-5H3;5-6,17-23,32H,7-14H2,1-4H3,(H,35,36);16-20H,6-13,27H2,1-5H3;1-4H. The summed E-state index contributed by atoms with van der Waals surface area (Å²) in [6.45, 7) is 24.9. The Bertz CT molecular complexity index is 5150. The van der Waals surface area contributed by atoms with Crippen molar-refractivity contribution in [1.29, 1.82) is 0 Å². The van der Waals surface area contributed by atoms with Crippen LogP contribution in [0.1, 0.15) is 281 Å². The van der Waals surface area contributed by atoms with Crippen molar-refractivity contribution in [2.45, 2.75) is 288 Å². The van der Waals surface area contributed by atoms with Crippen LogP contribution in [0.4, 0.5) is 17.1 Å². The number of amides is 3. The molecule has 0 aromatic carbocycles. The summed E-state index contributed by atoms with van der Waals surface area (Å²) in [6.07, 6.45) is 27.6. The molecule has 668 valence electrons. The summed E-state index contributed by atoms with van der Waals surface area (Å²) in [4.78, 5) is 100. The normalized spacial score (nSPS) is 23.1. The summed E-state index contributed by atoms with van der Waals surface area (Å²) >= 11 is 3.69. The van der Waals surface area contributed by atoms with Gasteiger partial charge in [0.15, 0.2) is 0 Å². The summed E-state index contributed by atoms with van der Waals surface area (Å²) in [5, 5.41) is 10.1. The maximum Gasteiger partial charge on any atom is 0.350 e. The molecule has 5 N–H and O–H groups in total. The van der Waals surface area contributed by atoms with E-state index < -0.39 is 47.0 Å². The summed E-state index contributed by atoms with van der Waals surface area (Å²) in [5.74, 6) is 19.0. The van der Waals surface area contributed by atoms with Crippen molar-refractivity contribution in [1.82, 2.24) is 24.4 Å². The molecule has 6 aliphatic carbocycles. The van der Waals surface area contributed by atoms with Crippen molar-refractivity contribution in [3.05, 3.63) is 121 Å². The molecule has 6 aliphatic rings. The largest absolute Gasteiger partial charge is 0.477 e. The third-order valence-electron chi connectivity index (χ3n) is 23.0. The molecule has 6 aromatic rings. The number of carbonyl (C=O) groups is 6. The van der Waals surface area contributed by atoms with Gasteiger partial charge in [0, 0.05) is 118 Å². The average Bonchev–Trinajstić information content (AvgIpc) is 1.55. The van der Waals surface area contributed by atoms with Gasteiger partial charge in [-0.15, -0.1) is 34.0 Å². The van der Waals surface area contributed by atoms with Crippen LogP contribution in [0.5, 0.6) is 0 Å². The van der Waals surface area contributed by atoms with Crippen LogP contribution >= 0.6 is 44.7 Å². The van der Waals surface area contributed by atoms with Crippen LogP contribution in [0.2, 0.25) is 0 Å². The minimum atomic E-state index is -3.71. The molecule has 6 fully saturated rings. The lowest BCUT2D eigenvalue weighted by Gasteiger charge is -2.39. The lowest BCUT2D eigenvalue weighted by atomic mass is 9.81. The van der Waals surface area contributed by atoms with Gasteiger partial charge in [-0.3, -0.25) is 29.3 Å². The number of rotatable bonds is 19. The fourth-order valence-corrected chi connectivity index (χ4v) is 22.1. The molecule has 6 aromatic heterocycles. The van der Waals surface area contributed by atoms with Crippen LogP contribution in [0.25, 0.3) is 0 Å². The number of aromatic nitrogens is 3. The van der Waals surface area contributed by atoms with Gasteiger partial charge in [-0.25, -0.2) is 49.1 Å². The molecule has 6 heterocycles. The third-order valence-corrected chi connectivity index (χ3v) is 30.4. The molecular weight excluding hydrogens is 1700 g/mol. The molecule has 0 spiro atoms. The van der Waals surface area contributed by atoms with Crippen LogP contribution in [0, 0.1) is 87.3 Å². The van der Waals surface area contributed by atoms with Gasteiger partial charge < -0.3 is 35.0 Å². The highest BCUT2D eigenvalue weighted by Gasteiger charge is 2.43. The number of nitrogens with zero attached hydrogens (tertiary/aromatic N) is 6. The second-order valence-corrected chi connectivity index (χ2v) is 45.7. The Morgan fingerprint density at radius 1 is 0.439 bits per heavy atom. The molecule has 0 aliphatic heterocycles. The van der Waals surface area contributed by atoms with E-state index in [1.54, 1.807) is 23.1 Å². The fourth-order valence-electron chi connectivity index (χ4n) is 16.2. The number of sulfonamides is 2. The number of halogens is 1. The van der Waals surface area contributed by atoms with E-state index in [1.165, 1.54) is 98.3 Å². The minimum Gasteiger partial charge on any atom is -0.477 e. The molecule has 0 unspecified atom stereocenters. The van der Waals surface area contributed by atoms with Crippen molar-refractivity contribution in [2.75, 3.05) is 28.9 Å². The quantitative estimate of drug-likeness (QED) is 0.0332. The second-order valence-electron chi connectivity index (χ2n) is 36.6. The molecule has 12 rings (SSSR count). The highest BCUT2D eigenvalue weighted by Crippen LogP contribution is 2.44. The number of esters is 2. The zero-order valence-electron chi connectivity index (χ0n) is 73.3. The zero-order valence-corrected chi connectivity index (χ0v) is 79.0. The van der Waals surface area contributed by atoms with Crippen LogP contribution in [-0.4, -0.2) is 131 Å². The van der Waals surface area contributed by atoms with Gasteiger partial charge in [0.2, 0.25) is 37.8 Å². The smallest absolute Gasteiger partial charge is 0.350 e. The number of hydrogen-bond donors (Lipinski definition) is 4. The Balaban J connectivity index is 0.000000199. The highest BCUT2D eigenvalue weighted by atomic mass is 35.7. The number of thiophene rings is 3. The Morgan fingerprint density at radius 2 is 0.715 bits per heavy atom. The molecule has 0 radical (unpaired) electrons. The predicted octanol–water partition coefficient (Wildman–Crippen LogP) is 17.8. The number of hydrogen-bond acceptors (Lipinski definition) is 21. The first kappa shape index (κ1) is 98.9. The van der Waals surface area contributed by atoms with Crippen LogP contribution < -0.4 is 29.9 Å². The van der Waals surface area contributed by atoms with E-state index in [0.717, 1.165) is 119 Å². The summed E-state index contributed by atoms with van der Waals surface area (Å²) in [5.41, 5.74) is 7.19. The molecular formula is C92H122ClN9O15S6. The van der Waals surface area contributed by atoms with Gasteiger partial charge in [-0.1, -0.05) is 56.3 Å². The molecule has 6 saturated carbocycles. The van der Waals surface area contributed by atoms with Crippen molar-refractivity contribution >= 4 is 126 Å². The van der Waals surface area contributed by atoms with E-state index in [1.807, 2.05) is 63.5 Å². The molecule has 123 heavy (non-hydrogen) atoms. The molecule has 0 bridgehead atoms. The van der Waals surface area contributed by atoms with E-state index in [9.17, 15) is 59.1 Å². The number of aromatic carboxylic acids is 1. The number of nitrogens with two attached hydrogens (primary N) is 1. The van der Waals surface area contributed by atoms with E-state index in [0.29, 0.717) is 106 Å². The topological polar surface area (TPSA) is 342 Å². The summed E-state index contributed by atoms with van der Waals surface area (Å²) < 4.78 is 88.4. The number of ether oxygens (including phenoxy) is 2. The number of carboxylic acids is 1. The minimum absolute atomic E-state index is 0.0105. The number of anilines is 3. The first-order chi connectivity index (χ1) is 57.9. The zero-order chi connectivity index (χ0) is 89.9. The summed E-state index contributed by atoms with van der Waals surface area (Å²) in [7, 11) is -3.26. The Labute approximate surface area is 745 Å². The molecule has 3 amide bonds. The third kappa shape index (κ3) is 29.1. The van der Waals surface area contributed by atoms with Crippen molar-refractivity contribution < 1.29 is 68.6 Å². The van der Waals surface area contributed by atoms with Gasteiger partial charge in [0.1, 0.15) is 29.3 Å². The Morgan fingerprint density at radius 3 is 0.967 bits per heavy atom. The van der Waals surface area contributed by atoms with E-state index in [-0.39, 0.29) is 108 Å². The Kier molecular flexibility index (Phi) is 35.4. The van der Waals surface area contributed by atoms with Gasteiger partial charge in [-0.05, 0) is 289 Å². The van der Waals surface area contributed by atoms with Gasteiger partial charge in [-0.2, -0.15) is 0 Å². The summed E-state index contributed by atoms with van der Waals surface area (Å²) in [6, 6.07) is 14.0. The highest BCUT2D eigenvalue weighted by molar-refractivity contribution is 8.13. The first-order valence-corrected chi connectivity index (χ1v) is 50.5. The first-order valence-electron chi connectivity index (χ1n) is 42.8. The van der Waals surface area contributed by atoms with E-state index in [2.05, 4.69) is 101 Å². The van der Waals surface area contributed by atoms with Gasteiger partial charge in [0.05, 0.1) is 45.9 Å².